The highest BCUT2D eigenvalue weighted by molar-refractivity contribution is 6.00. The van der Waals surface area contributed by atoms with Gasteiger partial charge in [-0.25, -0.2) is 0 Å². The molecule has 5 heteroatoms. The zero-order valence-electron chi connectivity index (χ0n) is 15.7. The maximum absolute atomic E-state index is 12.7. The van der Waals surface area contributed by atoms with Crippen molar-refractivity contribution in [3.63, 3.8) is 0 Å². The van der Waals surface area contributed by atoms with E-state index in [0.29, 0.717) is 36.6 Å². The van der Waals surface area contributed by atoms with Crippen LogP contribution in [0.15, 0.2) is 24.3 Å². The molecule has 1 aromatic carbocycles. The van der Waals surface area contributed by atoms with Crippen LogP contribution in [0.5, 0.6) is 0 Å². The summed E-state index contributed by atoms with van der Waals surface area (Å²) in [5.41, 5.74) is 0.899. The molecule has 25 heavy (non-hydrogen) atoms. The highest BCUT2D eigenvalue weighted by Crippen LogP contribution is 2.11. The van der Waals surface area contributed by atoms with Gasteiger partial charge < -0.3 is 15.0 Å². The second-order valence-electron chi connectivity index (χ2n) is 6.72. The molecular formula is C20H30N2O3. The predicted molar refractivity (Wildman–Crippen MR) is 99.7 cm³/mol. The lowest BCUT2D eigenvalue weighted by atomic mass is 10.0. The lowest BCUT2D eigenvalue weighted by Crippen LogP contribution is -2.37. The summed E-state index contributed by atoms with van der Waals surface area (Å²) >= 11 is 0. The van der Waals surface area contributed by atoms with E-state index < -0.39 is 6.04 Å². The molecule has 0 saturated heterocycles. The zero-order chi connectivity index (χ0) is 18.8. The number of carbonyl (C=O) groups is 3. The summed E-state index contributed by atoms with van der Waals surface area (Å²) in [6, 6.07) is 6.18. The summed E-state index contributed by atoms with van der Waals surface area (Å²) in [4.78, 5) is 38.0. The van der Waals surface area contributed by atoms with Gasteiger partial charge in [0, 0.05) is 24.2 Å². The summed E-state index contributed by atoms with van der Waals surface area (Å²) in [7, 11) is 0. The van der Waals surface area contributed by atoms with E-state index in [4.69, 9.17) is 0 Å². The fourth-order valence-electron chi connectivity index (χ4n) is 2.74. The number of aldehydes is 1. The monoisotopic (exact) mass is 346 g/mol. The molecule has 138 valence electrons. The van der Waals surface area contributed by atoms with E-state index in [1.165, 1.54) is 0 Å². The number of nitrogens with zero attached hydrogens (tertiary/aromatic N) is 1. The highest BCUT2D eigenvalue weighted by Gasteiger charge is 2.18. The van der Waals surface area contributed by atoms with Gasteiger partial charge in [0.05, 0.1) is 6.04 Å². The third-order valence-corrected chi connectivity index (χ3v) is 3.85. The second kappa shape index (κ2) is 10.6. The van der Waals surface area contributed by atoms with Gasteiger partial charge in [0.2, 0.25) is 0 Å². The van der Waals surface area contributed by atoms with Crippen molar-refractivity contribution < 1.29 is 14.4 Å². The Balaban J connectivity index is 2.90. The predicted octanol–water partition coefficient (Wildman–Crippen LogP) is 3.29. The number of amides is 2. The van der Waals surface area contributed by atoms with Crippen LogP contribution in [0.3, 0.4) is 0 Å². The van der Waals surface area contributed by atoms with Crippen LogP contribution in [-0.2, 0) is 4.79 Å². The summed E-state index contributed by atoms with van der Waals surface area (Å²) in [5, 5.41) is 2.73. The van der Waals surface area contributed by atoms with Crippen LogP contribution in [-0.4, -0.2) is 42.1 Å². The van der Waals surface area contributed by atoms with Crippen LogP contribution in [0.1, 0.15) is 67.7 Å². The highest BCUT2D eigenvalue weighted by atomic mass is 16.2. The summed E-state index contributed by atoms with van der Waals surface area (Å²) in [6.45, 7) is 9.47. The lowest BCUT2D eigenvalue weighted by molar-refractivity contribution is -0.109. The number of hydrogen-bond donors (Lipinski definition) is 1. The van der Waals surface area contributed by atoms with Gasteiger partial charge in [-0.05, 0) is 43.4 Å². The molecule has 1 atom stereocenters. The van der Waals surface area contributed by atoms with Gasteiger partial charge in [-0.3, -0.25) is 9.59 Å². The number of hydrogen-bond acceptors (Lipinski definition) is 3. The Morgan fingerprint density at radius 2 is 1.72 bits per heavy atom. The smallest absolute Gasteiger partial charge is 0.253 e. The van der Waals surface area contributed by atoms with E-state index in [-0.39, 0.29) is 11.8 Å². The number of rotatable bonds is 10. The first-order valence-corrected chi connectivity index (χ1v) is 9.08. The molecule has 0 bridgehead atoms. The van der Waals surface area contributed by atoms with Crippen LogP contribution in [0.2, 0.25) is 0 Å². The van der Waals surface area contributed by atoms with Crippen LogP contribution in [0.25, 0.3) is 0 Å². The van der Waals surface area contributed by atoms with Gasteiger partial charge in [0.25, 0.3) is 11.8 Å². The molecule has 0 aliphatic carbocycles. The van der Waals surface area contributed by atoms with Crippen LogP contribution < -0.4 is 5.32 Å². The van der Waals surface area contributed by atoms with Crippen molar-refractivity contribution in [3.05, 3.63) is 35.4 Å². The van der Waals surface area contributed by atoms with E-state index in [9.17, 15) is 14.4 Å². The standard InChI is InChI=1S/C20H30N2O3/c1-5-10-22(11-6-2)20(25)17-9-7-8-16(13-17)19(24)21-18(14-23)12-15(3)4/h7-9,13-15,18H,5-6,10-12H2,1-4H3,(H,21,24)/t18-/m0/s1. The van der Waals surface area contributed by atoms with Gasteiger partial charge in [-0.15, -0.1) is 0 Å². The van der Waals surface area contributed by atoms with Gasteiger partial charge in [0.1, 0.15) is 6.29 Å². The second-order valence-corrected chi connectivity index (χ2v) is 6.72. The van der Waals surface area contributed by atoms with Crippen LogP contribution >= 0.6 is 0 Å². The van der Waals surface area contributed by atoms with E-state index in [1.807, 2.05) is 32.6 Å². The van der Waals surface area contributed by atoms with E-state index in [2.05, 4.69) is 5.32 Å². The normalized spacial score (nSPS) is 11.9. The maximum Gasteiger partial charge on any atom is 0.253 e. The summed E-state index contributed by atoms with van der Waals surface area (Å²) < 4.78 is 0. The molecular weight excluding hydrogens is 316 g/mol. The fourth-order valence-corrected chi connectivity index (χ4v) is 2.74. The topological polar surface area (TPSA) is 66.5 Å². The lowest BCUT2D eigenvalue weighted by Gasteiger charge is -2.22. The van der Waals surface area contributed by atoms with Crippen molar-refractivity contribution in [1.29, 1.82) is 0 Å². The van der Waals surface area contributed by atoms with Gasteiger partial charge in [0.15, 0.2) is 0 Å². The first kappa shape index (κ1) is 20.9. The molecule has 1 N–H and O–H groups in total. The van der Waals surface area contributed by atoms with Crippen LogP contribution in [0, 0.1) is 5.92 Å². The Morgan fingerprint density at radius 3 is 2.24 bits per heavy atom. The van der Waals surface area contributed by atoms with Crippen molar-refractivity contribution in [2.24, 2.45) is 5.92 Å². The zero-order valence-corrected chi connectivity index (χ0v) is 15.7. The van der Waals surface area contributed by atoms with Crippen LogP contribution in [0.4, 0.5) is 0 Å². The molecule has 0 unspecified atom stereocenters. The number of nitrogens with one attached hydrogen (secondary N) is 1. The first-order chi connectivity index (χ1) is 11.9. The Labute approximate surface area is 150 Å². The third kappa shape index (κ3) is 6.69. The molecule has 1 rings (SSSR count). The largest absolute Gasteiger partial charge is 0.343 e. The first-order valence-electron chi connectivity index (χ1n) is 9.08. The molecule has 1 aromatic rings. The van der Waals surface area contributed by atoms with Crippen molar-refractivity contribution in [3.8, 4) is 0 Å². The van der Waals surface area contributed by atoms with Gasteiger partial charge in [-0.1, -0.05) is 33.8 Å². The Kier molecular flexibility index (Phi) is 8.89. The molecule has 5 nitrogen and oxygen atoms in total. The quantitative estimate of drug-likeness (QED) is 0.661. The molecule has 0 radical (unpaired) electrons. The Morgan fingerprint density at radius 1 is 1.12 bits per heavy atom. The maximum atomic E-state index is 12.7. The van der Waals surface area contributed by atoms with E-state index in [0.717, 1.165) is 19.1 Å². The third-order valence-electron chi connectivity index (χ3n) is 3.85. The minimum Gasteiger partial charge on any atom is -0.343 e. The SMILES string of the molecule is CCCN(CCC)C(=O)c1cccc(C(=O)N[C@H](C=O)CC(C)C)c1. The summed E-state index contributed by atoms with van der Waals surface area (Å²) in [5.74, 6) is -0.0857. The van der Waals surface area contributed by atoms with Gasteiger partial charge >= 0.3 is 0 Å². The van der Waals surface area contributed by atoms with Crippen molar-refractivity contribution >= 4 is 18.1 Å². The Hall–Kier alpha value is -2.17. The molecule has 2 amide bonds. The van der Waals surface area contributed by atoms with Crippen molar-refractivity contribution in [2.45, 2.75) is 53.0 Å². The molecule has 0 aromatic heterocycles. The number of carbonyl (C=O) groups excluding carboxylic acids is 3. The average molecular weight is 346 g/mol. The summed E-state index contributed by atoms with van der Waals surface area (Å²) in [6.07, 6.45) is 3.13. The average Bonchev–Trinajstić information content (AvgIpc) is 2.60. The Bertz CT molecular complexity index is 578. The van der Waals surface area contributed by atoms with Crippen molar-refractivity contribution in [2.75, 3.05) is 13.1 Å². The molecule has 0 aliphatic rings. The van der Waals surface area contributed by atoms with Crippen molar-refractivity contribution in [1.82, 2.24) is 10.2 Å². The van der Waals surface area contributed by atoms with E-state index >= 15 is 0 Å². The minimum atomic E-state index is -0.511. The minimum absolute atomic E-state index is 0.0625. The molecule has 0 spiro atoms. The molecule has 0 fully saturated rings. The number of benzene rings is 1. The molecule has 0 saturated carbocycles. The molecule has 0 aliphatic heterocycles. The van der Waals surface area contributed by atoms with E-state index in [1.54, 1.807) is 24.3 Å². The van der Waals surface area contributed by atoms with Gasteiger partial charge in [-0.2, -0.15) is 0 Å². The molecule has 0 heterocycles. The fraction of sp³-hybridized carbons (Fsp3) is 0.550.